The largest absolute Gasteiger partial charge is 0.461 e. The maximum Gasteiger partial charge on any atom is 0.137 e. The minimum absolute atomic E-state index is 0.270. The Hall–Kier alpha value is -1.83. The van der Waals surface area contributed by atoms with E-state index in [1.54, 1.807) is 0 Å². The highest BCUT2D eigenvalue weighted by Gasteiger charge is 2.20. The van der Waals surface area contributed by atoms with E-state index >= 15 is 0 Å². The molecule has 0 fully saturated rings. The van der Waals surface area contributed by atoms with Crippen LogP contribution in [0.2, 0.25) is 0 Å². The van der Waals surface area contributed by atoms with Gasteiger partial charge >= 0.3 is 0 Å². The second kappa shape index (κ2) is 4.34. The van der Waals surface area contributed by atoms with Crippen molar-refractivity contribution in [3.05, 3.63) is 41.4 Å². The lowest BCUT2D eigenvalue weighted by molar-refractivity contribution is 0.407. The van der Waals surface area contributed by atoms with Crippen molar-refractivity contribution in [3.8, 4) is 5.75 Å². The first-order valence-corrected chi connectivity index (χ1v) is 7.12. The fourth-order valence-corrected chi connectivity index (χ4v) is 2.83. The van der Waals surface area contributed by atoms with Crippen LogP contribution < -0.4 is 4.74 Å². The highest BCUT2D eigenvalue weighted by atomic mass is 16.5. The topological polar surface area (TPSA) is 22.1 Å². The van der Waals surface area contributed by atoms with Crippen molar-refractivity contribution in [1.82, 2.24) is 4.98 Å². The van der Waals surface area contributed by atoms with E-state index in [0.29, 0.717) is 0 Å². The Morgan fingerprint density at radius 3 is 2.60 bits per heavy atom. The highest BCUT2D eigenvalue weighted by molar-refractivity contribution is 5.98. The maximum atomic E-state index is 6.01. The molecule has 2 nitrogen and oxygen atoms in total. The van der Waals surface area contributed by atoms with E-state index in [4.69, 9.17) is 4.74 Å². The second-order valence-electron chi connectivity index (χ2n) is 6.87. The summed E-state index contributed by atoms with van der Waals surface area (Å²) >= 11 is 0. The lowest BCUT2D eigenvalue weighted by Crippen LogP contribution is -2.10. The molecule has 0 saturated heterocycles. The quantitative estimate of drug-likeness (QED) is 0.728. The van der Waals surface area contributed by atoms with Crippen LogP contribution in [0.15, 0.2) is 30.2 Å². The lowest BCUT2D eigenvalue weighted by Gasteiger charge is -2.23. The average molecular weight is 267 g/mol. The molecule has 0 amide bonds. The van der Waals surface area contributed by atoms with Crippen molar-refractivity contribution in [3.63, 3.8) is 0 Å². The number of hydrogen-bond donors (Lipinski definition) is 0. The van der Waals surface area contributed by atoms with Crippen LogP contribution in [-0.4, -0.2) is 4.98 Å². The van der Waals surface area contributed by atoms with Gasteiger partial charge in [-0.25, -0.2) is 0 Å². The molecule has 3 rings (SSSR count). The Morgan fingerprint density at radius 1 is 1.15 bits per heavy atom. The third-order valence-corrected chi connectivity index (χ3v) is 3.77. The summed E-state index contributed by atoms with van der Waals surface area (Å²) in [4.78, 5) is 4.54. The van der Waals surface area contributed by atoms with Crippen LogP contribution in [0.5, 0.6) is 5.75 Å². The average Bonchev–Trinajstić information content (AvgIpc) is 2.33. The number of allylic oxidation sites excluding steroid dienone is 2. The molecule has 0 atom stereocenters. The number of ether oxygens (including phenoxy) is 1. The fraction of sp³-hybridized carbons (Fsp3) is 0.389. The molecule has 0 radical (unpaired) electrons. The van der Waals surface area contributed by atoms with Gasteiger partial charge in [0.2, 0.25) is 0 Å². The van der Waals surface area contributed by atoms with Crippen molar-refractivity contribution >= 4 is 16.3 Å². The first-order chi connectivity index (χ1) is 9.35. The van der Waals surface area contributed by atoms with E-state index < -0.39 is 0 Å². The molecule has 0 aliphatic carbocycles. The van der Waals surface area contributed by atoms with Crippen LogP contribution in [0.4, 0.5) is 0 Å². The van der Waals surface area contributed by atoms with Gasteiger partial charge in [-0.15, -0.1) is 0 Å². The van der Waals surface area contributed by atoms with Crippen molar-refractivity contribution < 1.29 is 4.74 Å². The first-order valence-electron chi connectivity index (χ1n) is 7.12. The Kier molecular flexibility index (Phi) is 2.86. The Labute approximate surface area is 120 Å². The first kappa shape index (κ1) is 13.2. The molecule has 2 aromatic rings. The van der Waals surface area contributed by atoms with Gasteiger partial charge in [0.1, 0.15) is 11.5 Å². The van der Waals surface area contributed by atoms with Crippen LogP contribution in [0.25, 0.3) is 16.3 Å². The summed E-state index contributed by atoms with van der Waals surface area (Å²) in [5.41, 5.74) is 3.78. The maximum absolute atomic E-state index is 6.01. The lowest BCUT2D eigenvalue weighted by atomic mass is 9.87. The van der Waals surface area contributed by atoms with Gasteiger partial charge in [-0.05, 0) is 48.8 Å². The fourth-order valence-electron chi connectivity index (χ4n) is 2.83. The van der Waals surface area contributed by atoms with E-state index in [1.807, 2.05) is 13.1 Å². The van der Waals surface area contributed by atoms with Gasteiger partial charge in [0, 0.05) is 11.8 Å². The molecule has 20 heavy (non-hydrogen) atoms. The smallest absolute Gasteiger partial charge is 0.137 e. The molecule has 104 valence electrons. The molecule has 0 saturated carbocycles. The summed E-state index contributed by atoms with van der Waals surface area (Å²) in [6, 6.07) is 6.52. The summed E-state index contributed by atoms with van der Waals surface area (Å²) in [5.74, 6) is 1.90. The molecule has 1 aliphatic rings. The van der Waals surface area contributed by atoms with Gasteiger partial charge in [0.15, 0.2) is 0 Å². The molecule has 0 N–H and O–H groups in total. The normalized spacial score (nSPS) is 14.7. The molecule has 1 aliphatic heterocycles. The number of nitrogens with zero attached hydrogens (tertiary/aromatic N) is 1. The monoisotopic (exact) mass is 267 g/mol. The van der Waals surface area contributed by atoms with E-state index in [-0.39, 0.29) is 5.41 Å². The van der Waals surface area contributed by atoms with Crippen LogP contribution in [0.3, 0.4) is 0 Å². The number of aromatic nitrogens is 1. The molecule has 0 bridgehead atoms. The van der Waals surface area contributed by atoms with Crippen molar-refractivity contribution in [2.45, 2.75) is 41.0 Å². The number of rotatable bonds is 1. The highest BCUT2D eigenvalue weighted by Crippen LogP contribution is 2.39. The zero-order chi connectivity index (χ0) is 14.5. The Bertz CT molecular complexity index is 720. The van der Waals surface area contributed by atoms with Crippen molar-refractivity contribution in [1.29, 1.82) is 0 Å². The van der Waals surface area contributed by atoms with Gasteiger partial charge in [-0.3, -0.25) is 4.98 Å². The van der Waals surface area contributed by atoms with E-state index in [1.165, 1.54) is 10.9 Å². The molecule has 1 aromatic heterocycles. The van der Waals surface area contributed by atoms with Gasteiger partial charge in [0.25, 0.3) is 0 Å². The third kappa shape index (κ3) is 2.20. The zero-order valence-corrected chi connectivity index (χ0v) is 12.9. The van der Waals surface area contributed by atoms with E-state index in [9.17, 15) is 0 Å². The van der Waals surface area contributed by atoms with E-state index in [2.05, 4.69) is 50.9 Å². The Morgan fingerprint density at radius 2 is 1.90 bits per heavy atom. The van der Waals surface area contributed by atoms with Crippen molar-refractivity contribution in [2.75, 3.05) is 0 Å². The predicted octanol–water partition coefficient (Wildman–Crippen LogP) is 4.97. The van der Waals surface area contributed by atoms with Crippen LogP contribution in [0.1, 0.15) is 45.9 Å². The zero-order valence-electron chi connectivity index (χ0n) is 12.9. The summed E-state index contributed by atoms with van der Waals surface area (Å²) in [7, 11) is 0. The standard InChI is InChI=1S/C18H21NO/c1-11-12(2)20-15-9-13(10-18(3,4)5)8-14-6-7-19-17(11)16(14)15/h6-9H,10H2,1-5H3. The van der Waals surface area contributed by atoms with Crippen molar-refractivity contribution in [2.24, 2.45) is 5.41 Å². The van der Waals surface area contributed by atoms with Gasteiger partial charge < -0.3 is 4.74 Å². The summed E-state index contributed by atoms with van der Waals surface area (Å²) in [5, 5.41) is 2.37. The SMILES string of the molecule is CC1=C(C)c2nccc3cc(CC(C)(C)C)cc(c23)O1. The summed E-state index contributed by atoms with van der Waals surface area (Å²) in [6.07, 6.45) is 2.93. The molecule has 1 aromatic carbocycles. The second-order valence-corrected chi connectivity index (χ2v) is 6.87. The molecule has 0 unspecified atom stereocenters. The Balaban J connectivity index is 2.22. The molecule has 2 heteroatoms. The number of hydrogen-bond acceptors (Lipinski definition) is 2. The predicted molar refractivity (Wildman–Crippen MR) is 83.8 cm³/mol. The minimum atomic E-state index is 0.270. The van der Waals surface area contributed by atoms with Gasteiger partial charge in [0.05, 0.1) is 11.1 Å². The molecule has 2 heterocycles. The molecular formula is C18H21NO. The summed E-state index contributed by atoms with van der Waals surface area (Å²) < 4.78 is 6.01. The van der Waals surface area contributed by atoms with Crippen LogP contribution >= 0.6 is 0 Å². The van der Waals surface area contributed by atoms with Gasteiger partial charge in [-0.2, -0.15) is 0 Å². The van der Waals surface area contributed by atoms with Crippen LogP contribution in [0, 0.1) is 5.41 Å². The molecular weight excluding hydrogens is 246 g/mol. The van der Waals surface area contributed by atoms with Crippen LogP contribution in [-0.2, 0) is 6.42 Å². The minimum Gasteiger partial charge on any atom is -0.461 e. The van der Waals surface area contributed by atoms with E-state index in [0.717, 1.165) is 34.6 Å². The summed E-state index contributed by atoms with van der Waals surface area (Å²) in [6.45, 7) is 10.9. The third-order valence-electron chi connectivity index (χ3n) is 3.77. The van der Waals surface area contributed by atoms with Gasteiger partial charge in [-0.1, -0.05) is 26.8 Å². The number of pyridine rings is 1. The number of benzene rings is 1. The molecule has 0 spiro atoms.